The minimum absolute atomic E-state index is 0.284. The fraction of sp³-hybridized carbons (Fsp3) is 0.185. The standard InChI is InChI=1S/C27H25NO5S/c1-32-21-12-10-18(11-13-21)23-24(19-6-8-20(9-7-19)27(31)33-2)28(26(30)25(23)29)16-17-4-14-22(34-3)15-5-17/h4-15,24,29H,16H2,1-3H3/t24-/m0/s1. The number of amides is 1. The van der Waals surface area contributed by atoms with Crippen molar-refractivity contribution in [2.45, 2.75) is 17.5 Å². The summed E-state index contributed by atoms with van der Waals surface area (Å²) in [6, 6.07) is 21.6. The molecule has 1 aliphatic heterocycles. The molecular formula is C27H25NO5S. The maximum Gasteiger partial charge on any atom is 0.337 e. The number of aliphatic hydroxyl groups excluding tert-OH is 1. The van der Waals surface area contributed by atoms with Crippen LogP contribution in [0.5, 0.6) is 5.75 Å². The fourth-order valence-corrected chi connectivity index (χ4v) is 4.48. The highest BCUT2D eigenvalue weighted by molar-refractivity contribution is 7.98. The maximum atomic E-state index is 13.3. The molecule has 1 atom stereocenters. The number of hydrogen-bond donors (Lipinski definition) is 1. The van der Waals surface area contributed by atoms with Gasteiger partial charge in [-0.2, -0.15) is 0 Å². The van der Waals surface area contributed by atoms with E-state index in [4.69, 9.17) is 9.47 Å². The second-order valence-corrected chi connectivity index (χ2v) is 8.67. The molecule has 0 saturated carbocycles. The van der Waals surface area contributed by atoms with E-state index in [-0.39, 0.29) is 5.76 Å². The molecule has 3 aromatic rings. The minimum atomic E-state index is -0.534. The molecule has 6 nitrogen and oxygen atoms in total. The monoisotopic (exact) mass is 475 g/mol. The average molecular weight is 476 g/mol. The first-order valence-electron chi connectivity index (χ1n) is 10.7. The second-order valence-electron chi connectivity index (χ2n) is 7.79. The van der Waals surface area contributed by atoms with Crippen molar-refractivity contribution in [2.24, 2.45) is 0 Å². The van der Waals surface area contributed by atoms with E-state index in [1.54, 1.807) is 60.2 Å². The molecule has 3 aromatic carbocycles. The van der Waals surface area contributed by atoms with Crippen molar-refractivity contribution in [1.29, 1.82) is 0 Å². The smallest absolute Gasteiger partial charge is 0.337 e. The number of carbonyl (C=O) groups excluding carboxylic acids is 2. The molecule has 0 aromatic heterocycles. The van der Waals surface area contributed by atoms with Crippen LogP contribution in [0.15, 0.2) is 83.5 Å². The van der Waals surface area contributed by atoms with Crippen molar-refractivity contribution in [3.05, 3.63) is 101 Å². The van der Waals surface area contributed by atoms with E-state index in [0.29, 0.717) is 29.0 Å². The van der Waals surface area contributed by atoms with Crippen LogP contribution < -0.4 is 4.74 Å². The number of thioether (sulfide) groups is 1. The van der Waals surface area contributed by atoms with E-state index < -0.39 is 17.9 Å². The predicted octanol–water partition coefficient (Wildman–Crippen LogP) is 5.26. The van der Waals surface area contributed by atoms with Crippen molar-refractivity contribution in [3.8, 4) is 5.75 Å². The van der Waals surface area contributed by atoms with Crippen LogP contribution in [0.4, 0.5) is 0 Å². The minimum Gasteiger partial charge on any atom is -0.503 e. The summed E-state index contributed by atoms with van der Waals surface area (Å²) in [4.78, 5) is 27.9. The molecule has 0 bridgehead atoms. The highest BCUT2D eigenvalue weighted by Crippen LogP contribution is 2.44. The highest BCUT2D eigenvalue weighted by atomic mass is 32.2. The van der Waals surface area contributed by atoms with Gasteiger partial charge in [0.15, 0.2) is 5.76 Å². The number of esters is 1. The molecule has 0 radical (unpaired) electrons. The Morgan fingerprint density at radius 2 is 1.62 bits per heavy atom. The normalized spacial score (nSPS) is 15.6. The first kappa shape index (κ1) is 23.4. The molecule has 4 rings (SSSR count). The topological polar surface area (TPSA) is 76.1 Å². The molecule has 1 heterocycles. The van der Waals surface area contributed by atoms with Crippen LogP contribution in [0.2, 0.25) is 0 Å². The largest absolute Gasteiger partial charge is 0.503 e. The van der Waals surface area contributed by atoms with Crippen LogP contribution in [0.3, 0.4) is 0 Å². The third-order valence-corrected chi connectivity index (χ3v) is 6.61. The number of methoxy groups -OCH3 is 2. The zero-order valence-electron chi connectivity index (χ0n) is 19.1. The van der Waals surface area contributed by atoms with Gasteiger partial charge in [-0.1, -0.05) is 36.4 Å². The van der Waals surface area contributed by atoms with Gasteiger partial charge in [-0.25, -0.2) is 4.79 Å². The SMILES string of the molecule is COC(=O)c1ccc([C@H]2C(c3ccc(OC)cc3)=C(O)C(=O)N2Cc2ccc(SC)cc2)cc1. The zero-order valence-corrected chi connectivity index (χ0v) is 20.0. The Morgan fingerprint density at radius 3 is 2.18 bits per heavy atom. The van der Waals surface area contributed by atoms with E-state index in [1.165, 1.54) is 7.11 Å². The zero-order chi connectivity index (χ0) is 24.2. The van der Waals surface area contributed by atoms with E-state index in [2.05, 4.69) is 0 Å². The third kappa shape index (κ3) is 4.52. The van der Waals surface area contributed by atoms with Crippen molar-refractivity contribution in [3.63, 3.8) is 0 Å². The van der Waals surface area contributed by atoms with Gasteiger partial charge in [0.1, 0.15) is 5.75 Å². The van der Waals surface area contributed by atoms with Gasteiger partial charge < -0.3 is 19.5 Å². The van der Waals surface area contributed by atoms with E-state index in [1.807, 2.05) is 42.7 Å². The van der Waals surface area contributed by atoms with Gasteiger partial charge in [0.05, 0.1) is 25.8 Å². The first-order chi connectivity index (χ1) is 16.5. The molecule has 1 amide bonds. The molecule has 1 aliphatic rings. The van der Waals surface area contributed by atoms with Crippen LogP contribution in [0, 0.1) is 0 Å². The lowest BCUT2D eigenvalue weighted by molar-refractivity contribution is -0.130. The number of aliphatic hydroxyl groups is 1. The predicted molar refractivity (Wildman–Crippen MR) is 132 cm³/mol. The average Bonchev–Trinajstić information content (AvgIpc) is 3.13. The lowest BCUT2D eigenvalue weighted by atomic mass is 9.92. The molecule has 7 heteroatoms. The number of ether oxygens (including phenoxy) is 2. The fourth-order valence-electron chi connectivity index (χ4n) is 4.08. The second kappa shape index (κ2) is 10.1. The van der Waals surface area contributed by atoms with Gasteiger partial charge >= 0.3 is 5.97 Å². The van der Waals surface area contributed by atoms with Crippen LogP contribution in [0.25, 0.3) is 5.57 Å². The van der Waals surface area contributed by atoms with Crippen molar-refractivity contribution in [1.82, 2.24) is 4.90 Å². The number of nitrogens with zero attached hydrogens (tertiary/aromatic N) is 1. The molecular weight excluding hydrogens is 450 g/mol. The van der Waals surface area contributed by atoms with Crippen LogP contribution in [-0.4, -0.2) is 42.4 Å². The van der Waals surface area contributed by atoms with Gasteiger partial charge in [-0.15, -0.1) is 11.8 Å². The number of carbonyl (C=O) groups is 2. The summed E-state index contributed by atoms with van der Waals surface area (Å²) in [7, 11) is 2.92. The van der Waals surface area contributed by atoms with Crippen molar-refractivity contribution >= 4 is 29.2 Å². The van der Waals surface area contributed by atoms with Crippen LogP contribution >= 0.6 is 11.8 Å². The van der Waals surface area contributed by atoms with Gasteiger partial charge in [-0.3, -0.25) is 4.79 Å². The summed E-state index contributed by atoms with van der Waals surface area (Å²) in [5.74, 6) is -0.485. The van der Waals surface area contributed by atoms with Gasteiger partial charge in [0.2, 0.25) is 0 Å². The summed E-state index contributed by atoms with van der Waals surface area (Å²) in [5.41, 5.74) is 3.37. The van der Waals surface area contributed by atoms with E-state index in [9.17, 15) is 14.7 Å². The summed E-state index contributed by atoms with van der Waals surface area (Å²) in [6.07, 6.45) is 2.01. The summed E-state index contributed by atoms with van der Waals surface area (Å²) in [5, 5.41) is 11.0. The number of hydrogen-bond acceptors (Lipinski definition) is 6. The molecule has 1 N–H and O–H groups in total. The Hall–Kier alpha value is -3.71. The van der Waals surface area contributed by atoms with Crippen LogP contribution in [0.1, 0.15) is 33.1 Å². The summed E-state index contributed by atoms with van der Waals surface area (Å²) in [6.45, 7) is 0.320. The lowest BCUT2D eigenvalue weighted by Gasteiger charge is -2.28. The Balaban J connectivity index is 1.76. The Labute approximate surface area is 202 Å². The highest BCUT2D eigenvalue weighted by Gasteiger charge is 2.41. The molecule has 0 aliphatic carbocycles. The molecule has 34 heavy (non-hydrogen) atoms. The molecule has 174 valence electrons. The third-order valence-electron chi connectivity index (χ3n) is 5.86. The van der Waals surface area contributed by atoms with E-state index in [0.717, 1.165) is 16.0 Å². The lowest BCUT2D eigenvalue weighted by Crippen LogP contribution is -2.29. The molecule has 0 saturated heterocycles. The maximum absolute atomic E-state index is 13.3. The number of rotatable bonds is 7. The first-order valence-corrected chi connectivity index (χ1v) is 11.9. The molecule has 0 fully saturated rings. The Morgan fingerprint density at radius 1 is 0.971 bits per heavy atom. The Bertz CT molecular complexity index is 1220. The number of benzene rings is 3. The van der Waals surface area contributed by atoms with Gasteiger partial charge in [0.25, 0.3) is 5.91 Å². The van der Waals surface area contributed by atoms with Gasteiger partial charge in [0, 0.05) is 17.0 Å². The molecule has 0 spiro atoms. The molecule has 0 unspecified atom stereocenters. The van der Waals surface area contributed by atoms with Crippen LogP contribution in [-0.2, 0) is 16.1 Å². The summed E-state index contributed by atoms with van der Waals surface area (Å²) >= 11 is 1.65. The van der Waals surface area contributed by atoms with Gasteiger partial charge in [-0.05, 0) is 59.3 Å². The Kier molecular flexibility index (Phi) is 6.93. The van der Waals surface area contributed by atoms with Crippen molar-refractivity contribution < 1.29 is 24.2 Å². The van der Waals surface area contributed by atoms with E-state index >= 15 is 0 Å². The quantitative estimate of drug-likeness (QED) is 0.371. The summed E-state index contributed by atoms with van der Waals surface area (Å²) < 4.78 is 10.1. The van der Waals surface area contributed by atoms with Crippen molar-refractivity contribution in [2.75, 3.05) is 20.5 Å².